The first kappa shape index (κ1) is 23.7. The minimum atomic E-state index is -0.477. The van der Waals surface area contributed by atoms with Gasteiger partial charge >= 0.3 is 0 Å². The van der Waals surface area contributed by atoms with Crippen molar-refractivity contribution in [2.45, 2.75) is 64.2 Å². The first-order valence-electron chi connectivity index (χ1n) is 12.5. The van der Waals surface area contributed by atoms with E-state index < -0.39 is 5.82 Å². The molecule has 2 aromatic carbocycles. The topological polar surface area (TPSA) is 9.23 Å². The summed E-state index contributed by atoms with van der Waals surface area (Å²) in [5, 5.41) is 0. The van der Waals surface area contributed by atoms with Gasteiger partial charge in [-0.05, 0) is 99.3 Å². The Bertz CT molecular complexity index is 979. The molecular weight excluding hydrogens is 414 g/mol. The predicted octanol–water partition coefficient (Wildman–Crippen LogP) is 8.85. The molecule has 176 valence electrons. The van der Waals surface area contributed by atoms with Crippen molar-refractivity contribution in [1.29, 1.82) is 0 Å². The maximum absolute atomic E-state index is 15.1. The van der Waals surface area contributed by atoms with Crippen LogP contribution in [-0.4, -0.2) is 6.61 Å². The van der Waals surface area contributed by atoms with Crippen LogP contribution in [0, 0.1) is 29.4 Å². The standard InChI is InChI=1S/C30H36F2O/c1-3-5-6-7-21-8-9-23-18-24(11-10-22(23)17-21)25-12-14-27(29(31)19-25)28-15-13-26(20-30(28)32)33-16-4-2/h3-5,12-15,19-24H,2,6-11,16-18H2,1H3/b5-3+. The number of rotatable bonds is 8. The summed E-state index contributed by atoms with van der Waals surface area (Å²) in [6.45, 7) is 6.00. The summed E-state index contributed by atoms with van der Waals surface area (Å²) in [5.41, 5.74) is 1.64. The van der Waals surface area contributed by atoms with Gasteiger partial charge in [-0.2, -0.15) is 0 Å². The van der Waals surface area contributed by atoms with E-state index >= 15 is 4.39 Å². The van der Waals surface area contributed by atoms with E-state index in [1.807, 2.05) is 6.07 Å². The van der Waals surface area contributed by atoms with E-state index in [2.05, 4.69) is 25.7 Å². The molecule has 0 N–H and O–H groups in total. The minimum absolute atomic E-state index is 0.268. The molecule has 0 saturated heterocycles. The van der Waals surface area contributed by atoms with Gasteiger partial charge in [-0.15, -0.1) is 0 Å². The highest BCUT2D eigenvalue weighted by molar-refractivity contribution is 5.66. The van der Waals surface area contributed by atoms with Crippen LogP contribution in [-0.2, 0) is 0 Å². The van der Waals surface area contributed by atoms with Gasteiger partial charge in [0.15, 0.2) is 0 Å². The highest BCUT2D eigenvalue weighted by Crippen LogP contribution is 2.48. The average Bonchev–Trinajstić information content (AvgIpc) is 2.83. The number of ether oxygens (including phenoxy) is 1. The van der Waals surface area contributed by atoms with Gasteiger partial charge in [-0.1, -0.05) is 43.4 Å². The Labute approximate surface area is 197 Å². The van der Waals surface area contributed by atoms with Crippen LogP contribution >= 0.6 is 0 Å². The number of halogens is 2. The molecule has 1 nitrogen and oxygen atoms in total. The fourth-order valence-electron chi connectivity index (χ4n) is 6.01. The Morgan fingerprint density at radius 2 is 1.67 bits per heavy atom. The lowest BCUT2D eigenvalue weighted by Gasteiger charge is -2.42. The highest BCUT2D eigenvalue weighted by atomic mass is 19.1. The molecule has 0 amide bonds. The Hall–Kier alpha value is -2.42. The normalized spacial score (nSPS) is 25.1. The molecule has 2 aliphatic carbocycles. The molecule has 2 fully saturated rings. The predicted molar refractivity (Wildman–Crippen MR) is 132 cm³/mol. The van der Waals surface area contributed by atoms with E-state index in [-0.39, 0.29) is 11.4 Å². The van der Waals surface area contributed by atoms with E-state index in [0.717, 1.165) is 36.2 Å². The van der Waals surface area contributed by atoms with Crippen LogP contribution < -0.4 is 4.74 Å². The molecule has 4 unspecified atom stereocenters. The van der Waals surface area contributed by atoms with Crippen LogP contribution in [0.3, 0.4) is 0 Å². The lowest BCUT2D eigenvalue weighted by Crippen LogP contribution is -2.30. The van der Waals surface area contributed by atoms with Gasteiger partial charge in [-0.3, -0.25) is 0 Å². The van der Waals surface area contributed by atoms with Gasteiger partial charge in [0.1, 0.15) is 24.0 Å². The van der Waals surface area contributed by atoms with Crippen molar-refractivity contribution in [1.82, 2.24) is 0 Å². The third-order valence-corrected chi connectivity index (χ3v) is 7.76. The summed E-state index contributed by atoms with van der Waals surface area (Å²) in [6.07, 6.45) is 16.1. The van der Waals surface area contributed by atoms with Gasteiger partial charge in [-0.25, -0.2) is 8.78 Å². The van der Waals surface area contributed by atoms with Crippen LogP contribution in [0.25, 0.3) is 11.1 Å². The average molecular weight is 451 g/mol. The summed E-state index contributed by atoms with van der Waals surface area (Å²) < 4.78 is 35.1. The summed E-state index contributed by atoms with van der Waals surface area (Å²) in [5.74, 6) is 2.49. The van der Waals surface area contributed by atoms with E-state index in [1.165, 1.54) is 44.6 Å². The minimum Gasteiger partial charge on any atom is -0.489 e. The van der Waals surface area contributed by atoms with E-state index in [1.54, 1.807) is 30.3 Å². The highest BCUT2D eigenvalue weighted by Gasteiger charge is 2.35. The molecule has 0 spiro atoms. The summed E-state index contributed by atoms with van der Waals surface area (Å²) in [4.78, 5) is 0. The lowest BCUT2D eigenvalue weighted by molar-refractivity contribution is 0.115. The van der Waals surface area contributed by atoms with E-state index in [4.69, 9.17) is 4.74 Å². The SMILES string of the molecule is C=CCOc1ccc(-c2ccc(C3CCC4CC(CC/C=C/C)CCC4C3)cc2F)c(F)c1. The first-order chi connectivity index (χ1) is 16.1. The summed E-state index contributed by atoms with van der Waals surface area (Å²) in [7, 11) is 0. The second-order valence-corrected chi connectivity index (χ2v) is 9.84. The molecular formula is C30H36F2O. The number of allylic oxidation sites excluding steroid dienone is 2. The zero-order valence-electron chi connectivity index (χ0n) is 19.7. The van der Waals surface area contributed by atoms with E-state index in [0.29, 0.717) is 23.8 Å². The van der Waals surface area contributed by atoms with Crippen LogP contribution in [0.15, 0.2) is 61.2 Å². The van der Waals surface area contributed by atoms with Crippen molar-refractivity contribution in [3.8, 4) is 16.9 Å². The third kappa shape index (κ3) is 5.75. The van der Waals surface area contributed by atoms with Crippen LogP contribution in [0.1, 0.15) is 69.8 Å². The van der Waals surface area contributed by atoms with Crippen LogP contribution in [0.5, 0.6) is 5.75 Å². The van der Waals surface area contributed by atoms with Gasteiger partial charge < -0.3 is 4.74 Å². The Morgan fingerprint density at radius 3 is 2.39 bits per heavy atom. The second kappa shape index (κ2) is 11.1. The number of fused-ring (bicyclic) bond motifs is 1. The zero-order valence-corrected chi connectivity index (χ0v) is 19.7. The summed E-state index contributed by atoms with van der Waals surface area (Å²) in [6, 6.07) is 9.97. The third-order valence-electron chi connectivity index (χ3n) is 7.76. The van der Waals surface area contributed by atoms with Gasteiger partial charge in [0.05, 0.1) is 0 Å². The largest absolute Gasteiger partial charge is 0.489 e. The molecule has 0 aromatic heterocycles. The molecule has 0 heterocycles. The maximum Gasteiger partial charge on any atom is 0.134 e. The molecule has 0 aliphatic heterocycles. The molecule has 0 bridgehead atoms. The lowest BCUT2D eigenvalue weighted by atomic mass is 9.63. The monoisotopic (exact) mass is 450 g/mol. The van der Waals surface area contributed by atoms with Crippen LogP contribution in [0.4, 0.5) is 8.78 Å². The molecule has 2 saturated carbocycles. The van der Waals surface area contributed by atoms with Crippen molar-refractivity contribution in [3.63, 3.8) is 0 Å². The molecule has 3 heteroatoms. The van der Waals surface area contributed by atoms with Gasteiger partial charge in [0, 0.05) is 17.2 Å². The molecule has 0 radical (unpaired) electrons. The Balaban J connectivity index is 1.41. The Kier molecular flexibility index (Phi) is 8.01. The molecule has 33 heavy (non-hydrogen) atoms. The smallest absolute Gasteiger partial charge is 0.134 e. The van der Waals surface area contributed by atoms with Crippen molar-refractivity contribution in [2.75, 3.05) is 6.61 Å². The summed E-state index contributed by atoms with van der Waals surface area (Å²) >= 11 is 0. The van der Waals surface area contributed by atoms with Crippen molar-refractivity contribution in [3.05, 3.63) is 78.4 Å². The van der Waals surface area contributed by atoms with E-state index in [9.17, 15) is 4.39 Å². The first-order valence-corrected chi connectivity index (χ1v) is 12.5. The zero-order chi connectivity index (χ0) is 23.2. The molecule has 4 rings (SSSR count). The van der Waals surface area contributed by atoms with Crippen LogP contribution in [0.2, 0.25) is 0 Å². The number of hydrogen-bond donors (Lipinski definition) is 0. The molecule has 2 aromatic rings. The fourth-order valence-corrected chi connectivity index (χ4v) is 6.01. The quantitative estimate of drug-likeness (QED) is 0.365. The van der Waals surface area contributed by atoms with Crippen molar-refractivity contribution in [2.24, 2.45) is 17.8 Å². The van der Waals surface area contributed by atoms with Gasteiger partial charge in [0.25, 0.3) is 0 Å². The van der Waals surface area contributed by atoms with Crippen molar-refractivity contribution >= 4 is 0 Å². The van der Waals surface area contributed by atoms with Gasteiger partial charge in [0.2, 0.25) is 0 Å². The number of hydrogen-bond acceptors (Lipinski definition) is 1. The molecule has 4 atom stereocenters. The maximum atomic E-state index is 15.1. The Morgan fingerprint density at radius 1 is 0.939 bits per heavy atom. The fraction of sp³-hybridized carbons (Fsp3) is 0.467. The van der Waals surface area contributed by atoms with Crippen molar-refractivity contribution < 1.29 is 13.5 Å². The number of benzene rings is 2. The molecule has 2 aliphatic rings. The second-order valence-electron chi connectivity index (χ2n) is 9.84.